The maximum absolute atomic E-state index is 13.6. The van der Waals surface area contributed by atoms with E-state index in [0.29, 0.717) is 25.4 Å². The molecule has 1 aromatic heterocycles. The van der Waals surface area contributed by atoms with Gasteiger partial charge in [0.15, 0.2) is 0 Å². The zero-order chi connectivity index (χ0) is 27.7. The highest BCUT2D eigenvalue weighted by Crippen LogP contribution is 2.51. The van der Waals surface area contributed by atoms with Gasteiger partial charge in [-0.05, 0) is 67.4 Å². The first-order chi connectivity index (χ1) is 18.9. The smallest absolute Gasteiger partial charge is 0.323 e. The third-order valence-corrected chi connectivity index (χ3v) is 7.88. The Balaban J connectivity index is 1.48. The molecule has 1 heterocycles. The lowest BCUT2D eigenvalue weighted by Gasteiger charge is -2.17. The van der Waals surface area contributed by atoms with Gasteiger partial charge in [-0.15, -0.1) is 0 Å². The zero-order valence-corrected chi connectivity index (χ0v) is 22.8. The first kappa shape index (κ1) is 28.2. The van der Waals surface area contributed by atoms with Crippen LogP contribution in [-0.2, 0) is 31.1 Å². The van der Waals surface area contributed by atoms with E-state index < -0.39 is 7.60 Å². The van der Waals surface area contributed by atoms with Gasteiger partial charge >= 0.3 is 7.60 Å². The van der Waals surface area contributed by atoms with Gasteiger partial charge in [0.05, 0.1) is 37.8 Å². The molecule has 0 unspecified atom stereocenters. The topological polar surface area (TPSA) is 82.5 Å². The number of hydrogen-bond acceptors (Lipinski definition) is 5. The van der Waals surface area contributed by atoms with E-state index in [0.717, 1.165) is 27.9 Å². The van der Waals surface area contributed by atoms with E-state index in [9.17, 15) is 13.8 Å². The van der Waals surface area contributed by atoms with Crippen molar-refractivity contribution in [2.75, 3.05) is 18.5 Å². The number of halogens is 1. The van der Waals surface area contributed by atoms with Crippen molar-refractivity contribution in [3.63, 3.8) is 0 Å². The first-order valence-corrected chi connectivity index (χ1v) is 14.4. The highest BCUT2D eigenvalue weighted by atomic mass is 31.2. The summed E-state index contributed by atoms with van der Waals surface area (Å²) in [6.07, 6.45) is 4.97. The number of nitrogens with zero attached hydrogens (tertiary/aromatic N) is 2. The van der Waals surface area contributed by atoms with Crippen molar-refractivity contribution in [3.8, 4) is 11.3 Å². The van der Waals surface area contributed by atoms with Gasteiger partial charge in [-0.3, -0.25) is 14.0 Å². The normalized spacial score (nSPS) is 11.7. The Labute approximate surface area is 227 Å². The molecule has 202 valence electrons. The standard InChI is InChI=1S/C30H31FN3O4P/c1-3-37-39(36,38-4-2)22-24-10-17-28(18-11-24)33-29(35)19-14-26-20-32-34(21-23-8-6-5-7-9-23)30(26)25-12-15-27(31)16-13-25/h5-20H,3-4,21-22H2,1-2H3,(H,33,35)/b19-14+. The lowest BCUT2D eigenvalue weighted by atomic mass is 10.1. The summed E-state index contributed by atoms with van der Waals surface area (Å²) >= 11 is 0. The van der Waals surface area contributed by atoms with Crippen LogP contribution in [0.25, 0.3) is 17.3 Å². The fraction of sp³-hybridized carbons (Fsp3) is 0.200. The molecule has 0 saturated heterocycles. The van der Waals surface area contributed by atoms with Crippen LogP contribution in [0.4, 0.5) is 10.1 Å². The molecule has 1 amide bonds. The Hall–Kier alpha value is -3.84. The van der Waals surface area contributed by atoms with Gasteiger partial charge in [-0.1, -0.05) is 42.5 Å². The van der Waals surface area contributed by atoms with Crippen LogP contribution < -0.4 is 5.32 Å². The van der Waals surface area contributed by atoms with Crippen LogP contribution in [0.3, 0.4) is 0 Å². The Morgan fingerprint density at radius 1 is 0.949 bits per heavy atom. The van der Waals surface area contributed by atoms with Crippen LogP contribution in [0.1, 0.15) is 30.5 Å². The second kappa shape index (κ2) is 13.3. The molecule has 0 aliphatic carbocycles. The summed E-state index contributed by atoms with van der Waals surface area (Å²) in [5, 5.41) is 7.37. The monoisotopic (exact) mass is 547 g/mol. The molecule has 0 bridgehead atoms. The van der Waals surface area contributed by atoms with Gasteiger partial charge in [0.2, 0.25) is 5.91 Å². The van der Waals surface area contributed by atoms with E-state index in [-0.39, 0.29) is 17.9 Å². The van der Waals surface area contributed by atoms with Crippen molar-refractivity contribution in [2.45, 2.75) is 26.6 Å². The molecule has 39 heavy (non-hydrogen) atoms. The maximum atomic E-state index is 13.6. The molecule has 0 fully saturated rings. The molecule has 4 rings (SSSR count). The maximum Gasteiger partial charge on any atom is 0.335 e. The summed E-state index contributed by atoms with van der Waals surface area (Å²) in [4.78, 5) is 12.7. The summed E-state index contributed by atoms with van der Waals surface area (Å²) in [5.41, 5.74) is 4.74. The lowest BCUT2D eigenvalue weighted by Crippen LogP contribution is -2.08. The molecule has 7 nitrogen and oxygen atoms in total. The minimum atomic E-state index is -3.21. The molecule has 9 heteroatoms. The summed E-state index contributed by atoms with van der Waals surface area (Å²) in [5.74, 6) is -0.646. The highest BCUT2D eigenvalue weighted by molar-refractivity contribution is 7.53. The number of nitrogens with one attached hydrogen (secondary N) is 1. The molecule has 1 N–H and O–H groups in total. The Morgan fingerprint density at radius 2 is 1.62 bits per heavy atom. The lowest BCUT2D eigenvalue weighted by molar-refractivity contribution is -0.111. The van der Waals surface area contributed by atoms with Crippen LogP contribution in [0.2, 0.25) is 0 Å². The van der Waals surface area contributed by atoms with Gasteiger partial charge in [-0.25, -0.2) is 4.39 Å². The average Bonchev–Trinajstić information content (AvgIpc) is 3.32. The second-order valence-electron chi connectivity index (χ2n) is 8.72. The van der Waals surface area contributed by atoms with Crippen molar-refractivity contribution in [2.24, 2.45) is 0 Å². The molecule has 0 aliphatic rings. The summed E-state index contributed by atoms with van der Waals surface area (Å²) < 4.78 is 38.9. The number of hydrogen-bond donors (Lipinski definition) is 1. The number of rotatable bonds is 12. The second-order valence-corrected chi connectivity index (χ2v) is 10.8. The molecular weight excluding hydrogens is 516 g/mol. The Morgan fingerprint density at radius 3 is 2.26 bits per heavy atom. The van der Waals surface area contributed by atoms with Crippen LogP contribution in [0, 0.1) is 5.82 Å². The molecule has 0 spiro atoms. The minimum Gasteiger partial charge on any atom is -0.323 e. The summed E-state index contributed by atoms with van der Waals surface area (Å²) in [7, 11) is -3.21. The molecule has 0 atom stereocenters. The number of carbonyl (C=O) groups is 1. The fourth-order valence-corrected chi connectivity index (χ4v) is 5.81. The summed E-state index contributed by atoms with van der Waals surface area (Å²) in [6.45, 7) is 4.67. The molecular formula is C30H31FN3O4P. The van der Waals surface area contributed by atoms with Crippen molar-refractivity contribution >= 4 is 25.3 Å². The van der Waals surface area contributed by atoms with E-state index in [1.807, 2.05) is 35.0 Å². The van der Waals surface area contributed by atoms with Gasteiger partial charge in [-0.2, -0.15) is 5.10 Å². The number of carbonyl (C=O) groups excluding carboxylic acids is 1. The molecule has 0 aliphatic heterocycles. The van der Waals surface area contributed by atoms with Crippen molar-refractivity contribution in [1.29, 1.82) is 0 Å². The molecule has 0 radical (unpaired) electrons. The summed E-state index contributed by atoms with van der Waals surface area (Å²) in [6, 6.07) is 23.1. The van der Waals surface area contributed by atoms with E-state index in [1.165, 1.54) is 18.2 Å². The van der Waals surface area contributed by atoms with Crippen LogP contribution in [0.15, 0.2) is 91.1 Å². The SMILES string of the molecule is CCOP(=O)(Cc1ccc(NC(=O)/C=C/c2cnn(Cc3ccccc3)c2-c2ccc(F)cc2)cc1)OCC. The molecule has 3 aromatic carbocycles. The van der Waals surface area contributed by atoms with Crippen molar-refractivity contribution in [3.05, 3.63) is 114 Å². The fourth-order valence-electron chi connectivity index (χ4n) is 4.11. The van der Waals surface area contributed by atoms with E-state index >= 15 is 0 Å². The van der Waals surface area contributed by atoms with Gasteiger partial charge in [0.25, 0.3) is 0 Å². The first-order valence-electron chi connectivity index (χ1n) is 12.7. The number of amides is 1. The largest absolute Gasteiger partial charge is 0.335 e. The highest BCUT2D eigenvalue weighted by Gasteiger charge is 2.24. The van der Waals surface area contributed by atoms with Crippen LogP contribution in [0.5, 0.6) is 0 Å². The van der Waals surface area contributed by atoms with E-state index in [1.54, 1.807) is 62.5 Å². The Bertz CT molecular complexity index is 1440. The number of anilines is 1. The third kappa shape index (κ3) is 7.83. The van der Waals surface area contributed by atoms with E-state index in [2.05, 4.69) is 10.4 Å². The molecule has 0 saturated carbocycles. The molecule has 4 aromatic rings. The zero-order valence-electron chi connectivity index (χ0n) is 21.9. The van der Waals surface area contributed by atoms with Gasteiger partial charge in [0.1, 0.15) is 5.82 Å². The van der Waals surface area contributed by atoms with Gasteiger partial charge < -0.3 is 14.4 Å². The van der Waals surface area contributed by atoms with Gasteiger partial charge in [0, 0.05) is 22.9 Å². The van der Waals surface area contributed by atoms with Crippen LogP contribution >= 0.6 is 7.60 Å². The van der Waals surface area contributed by atoms with E-state index in [4.69, 9.17) is 9.05 Å². The Kier molecular flexibility index (Phi) is 9.60. The van der Waals surface area contributed by atoms with Crippen molar-refractivity contribution in [1.82, 2.24) is 9.78 Å². The number of benzene rings is 3. The van der Waals surface area contributed by atoms with Crippen LogP contribution in [-0.4, -0.2) is 28.9 Å². The third-order valence-electron chi connectivity index (χ3n) is 5.82. The predicted octanol–water partition coefficient (Wildman–Crippen LogP) is 7.16. The predicted molar refractivity (Wildman–Crippen MR) is 152 cm³/mol. The number of aromatic nitrogens is 2. The quantitative estimate of drug-likeness (QED) is 0.150. The van der Waals surface area contributed by atoms with Crippen molar-refractivity contribution < 1.29 is 22.8 Å². The minimum absolute atomic E-state index is 0.155. The average molecular weight is 548 g/mol.